The Morgan fingerprint density at radius 3 is 2.81 bits per heavy atom. The molecule has 0 aliphatic carbocycles. The van der Waals surface area contributed by atoms with Crippen molar-refractivity contribution in [2.75, 3.05) is 6.54 Å². The third-order valence-electron chi connectivity index (χ3n) is 4.95. The van der Waals surface area contributed by atoms with Gasteiger partial charge in [-0.1, -0.05) is 6.92 Å². The highest BCUT2D eigenvalue weighted by molar-refractivity contribution is 6.00. The SMILES string of the molecule is C[C@H]1C(=O)N[C@@H]1C(=O)N[C@@H](Cc1cnc[nH]1)C(=O)N1CCC[C@H]1C(N)=O. The third kappa shape index (κ3) is 3.39. The lowest BCUT2D eigenvalue weighted by Crippen LogP contribution is -2.65. The van der Waals surface area contributed by atoms with Gasteiger partial charge >= 0.3 is 0 Å². The first-order valence-electron chi connectivity index (χ1n) is 8.56. The standard InChI is InChI=1S/C16H22N6O4/c1-8-12(21-14(8)24)15(25)20-10(5-9-6-18-7-19-9)16(26)22-4-2-3-11(22)13(17)23/h6-8,10-12H,2-5H2,1H3,(H2,17,23)(H,18,19)(H,20,25)(H,21,24)/t8-,10+,11+,12+/m1/s1. The number of amides is 4. The van der Waals surface area contributed by atoms with E-state index in [-0.39, 0.29) is 18.2 Å². The van der Waals surface area contributed by atoms with Crippen molar-refractivity contribution in [1.29, 1.82) is 0 Å². The van der Waals surface area contributed by atoms with E-state index in [9.17, 15) is 19.2 Å². The van der Waals surface area contributed by atoms with Gasteiger partial charge in [-0.15, -0.1) is 0 Å². The molecule has 1 aromatic rings. The van der Waals surface area contributed by atoms with Gasteiger partial charge in [-0.05, 0) is 12.8 Å². The van der Waals surface area contributed by atoms with E-state index in [0.717, 1.165) is 0 Å². The van der Waals surface area contributed by atoms with Crippen molar-refractivity contribution in [1.82, 2.24) is 25.5 Å². The second-order valence-corrected chi connectivity index (χ2v) is 6.71. The first kappa shape index (κ1) is 17.9. The molecule has 140 valence electrons. The van der Waals surface area contributed by atoms with Crippen LogP contribution in [0.15, 0.2) is 12.5 Å². The van der Waals surface area contributed by atoms with Gasteiger partial charge in [0.15, 0.2) is 0 Å². The van der Waals surface area contributed by atoms with Crippen molar-refractivity contribution in [2.45, 2.75) is 44.3 Å². The molecule has 1 aromatic heterocycles. The molecule has 2 aliphatic rings. The van der Waals surface area contributed by atoms with Gasteiger partial charge in [0.2, 0.25) is 23.6 Å². The van der Waals surface area contributed by atoms with Crippen molar-refractivity contribution in [3.63, 3.8) is 0 Å². The van der Waals surface area contributed by atoms with Gasteiger partial charge in [0.25, 0.3) is 0 Å². The number of hydrogen-bond acceptors (Lipinski definition) is 5. The van der Waals surface area contributed by atoms with Crippen LogP contribution in [0.4, 0.5) is 0 Å². The summed E-state index contributed by atoms with van der Waals surface area (Å²) < 4.78 is 0. The molecule has 0 spiro atoms. The van der Waals surface area contributed by atoms with Crippen molar-refractivity contribution >= 4 is 23.6 Å². The molecule has 4 amide bonds. The normalized spacial score (nSPS) is 26.0. The molecule has 0 radical (unpaired) electrons. The van der Waals surface area contributed by atoms with E-state index >= 15 is 0 Å². The van der Waals surface area contributed by atoms with Crippen molar-refractivity contribution in [3.8, 4) is 0 Å². The smallest absolute Gasteiger partial charge is 0.246 e. The van der Waals surface area contributed by atoms with Gasteiger partial charge in [-0.3, -0.25) is 19.2 Å². The van der Waals surface area contributed by atoms with Crippen molar-refractivity contribution < 1.29 is 19.2 Å². The Labute approximate surface area is 149 Å². The molecule has 10 heteroatoms. The molecule has 26 heavy (non-hydrogen) atoms. The summed E-state index contributed by atoms with van der Waals surface area (Å²) in [4.78, 5) is 56.6. The molecule has 5 N–H and O–H groups in total. The molecule has 0 aromatic carbocycles. The van der Waals surface area contributed by atoms with Crippen LogP contribution in [-0.2, 0) is 25.6 Å². The number of carbonyl (C=O) groups excluding carboxylic acids is 4. The number of primary amides is 1. The highest BCUT2D eigenvalue weighted by atomic mass is 16.2. The number of aromatic nitrogens is 2. The zero-order chi connectivity index (χ0) is 18.8. The van der Waals surface area contributed by atoms with Crippen molar-refractivity contribution in [3.05, 3.63) is 18.2 Å². The Bertz CT molecular complexity index is 718. The van der Waals surface area contributed by atoms with E-state index in [1.165, 1.54) is 11.2 Å². The monoisotopic (exact) mass is 362 g/mol. The molecule has 3 heterocycles. The van der Waals surface area contributed by atoms with Crippen LogP contribution in [0.25, 0.3) is 0 Å². The van der Waals surface area contributed by atoms with Crippen LogP contribution in [0.1, 0.15) is 25.5 Å². The first-order chi connectivity index (χ1) is 12.4. The molecule has 2 saturated heterocycles. The van der Waals surface area contributed by atoms with E-state index in [1.807, 2.05) is 0 Å². The molecule has 4 atom stereocenters. The van der Waals surface area contributed by atoms with Gasteiger partial charge in [0, 0.05) is 24.9 Å². The fourth-order valence-corrected chi connectivity index (χ4v) is 3.36. The summed E-state index contributed by atoms with van der Waals surface area (Å²) >= 11 is 0. The summed E-state index contributed by atoms with van der Waals surface area (Å²) in [6.07, 6.45) is 4.44. The second-order valence-electron chi connectivity index (χ2n) is 6.71. The quantitative estimate of drug-likeness (QED) is 0.434. The largest absolute Gasteiger partial charge is 0.368 e. The number of rotatable bonds is 6. The summed E-state index contributed by atoms with van der Waals surface area (Å²) in [7, 11) is 0. The topological polar surface area (TPSA) is 150 Å². The maximum atomic E-state index is 13.0. The number of β-lactam (4-membered cyclic amide) rings is 1. The number of likely N-dealkylation sites (tertiary alicyclic amines) is 1. The molecule has 2 fully saturated rings. The van der Waals surface area contributed by atoms with Crippen LogP contribution in [0.2, 0.25) is 0 Å². The zero-order valence-electron chi connectivity index (χ0n) is 14.4. The fourth-order valence-electron chi connectivity index (χ4n) is 3.36. The molecule has 3 rings (SSSR count). The van der Waals surface area contributed by atoms with Gasteiger partial charge in [-0.2, -0.15) is 0 Å². The minimum Gasteiger partial charge on any atom is -0.368 e. The Morgan fingerprint density at radius 2 is 2.23 bits per heavy atom. The lowest BCUT2D eigenvalue weighted by Gasteiger charge is -2.35. The summed E-state index contributed by atoms with van der Waals surface area (Å²) in [6, 6.07) is -2.20. The molecular weight excluding hydrogens is 340 g/mol. The summed E-state index contributed by atoms with van der Waals surface area (Å²) in [5, 5.41) is 5.22. The van der Waals surface area contributed by atoms with Gasteiger partial charge < -0.3 is 26.3 Å². The lowest BCUT2D eigenvalue weighted by atomic mass is 9.91. The van der Waals surface area contributed by atoms with Gasteiger partial charge in [-0.25, -0.2) is 4.98 Å². The zero-order valence-corrected chi connectivity index (χ0v) is 14.4. The third-order valence-corrected chi connectivity index (χ3v) is 4.95. The van der Waals surface area contributed by atoms with Crippen LogP contribution >= 0.6 is 0 Å². The van der Waals surface area contributed by atoms with Crippen molar-refractivity contribution in [2.24, 2.45) is 11.7 Å². The first-order valence-corrected chi connectivity index (χ1v) is 8.56. The van der Waals surface area contributed by atoms with Crippen LogP contribution in [0, 0.1) is 5.92 Å². The number of carbonyl (C=O) groups is 4. The van der Waals surface area contributed by atoms with Gasteiger partial charge in [0.05, 0.1) is 12.2 Å². The fraction of sp³-hybridized carbons (Fsp3) is 0.562. The second kappa shape index (κ2) is 7.14. The molecule has 0 unspecified atom stereocenters. The van der Waals surface area contributed by atoms with Crippen LogP contribution in [0.3, 0.4) is 0 Å². The van der Waals surface area contributed by atoms with E-state index in [2.05, 4.69) is 20.6 Å². The predicted molar refractivity (Wildman–Crippen MR) is 89.2 cm³/mol. The number of aromatic amines is 1. The number of nitrogens with one attached hydrogen (secondary N) is 3. The average Bonchev–Trinajstić information content (AvgIpc) is 3.29. The molecule has 0 bridgehead atoms. The Hall–Kier alpha value is -2.91. The maximum absolute atomic E-state index is 13.0. The lowest BCUT2D eigenvalue weighted by molar-refractivity contribution is -0.145. The molecule has 0 saturated carbocycles. The summed E-state index contributed by atoms with van der Waals surface area (Å²) in [5.74, 6) is -1.99. The average molecular weight is 362 g/mol. The van der Waals surface area contributed by atoms with E-state index in [1.54, 1.807) is 13.1 Å². The summed E-state index contributed by atoms with van der Waals surface area (Å²) in [5.41, 5.74) is 6.06. The van der Waals surface area contributed by atoms with E-state index < -0.39 is 35.9 Å². The number of H-pyrrole nitrogens is 1. The highest BCUT2D eigenvalue weighted by Gasteiger charge is 2.43. The minimum absolute atomic E-state index is 0.196. The number of nitrogens with two attached hydrogens (primary N) is 1. The van der Waals surface area contributed by atoms with E-state index in [0.29, 0.717) is 25.1 Å². The maximum Gasteiger partial charge on any atom is 0.246 e. The molecular formula is C16H22N6O4. The van der Waals surface area contributed by atoms with Crippen LogP contribution in [0.5, 0.6) is 0 Å². The molecule has 10 nitrogen and oxygen atoms in total. The van der Waals surface area contributed by atoms with E-state index in [4.69, 9.17) is 5.73 Å². The Kier molecular flexibility index (Phi) is 4.92. The van der Waals surface area contributed by atoms with Crippen LogP contribution in [-0.4, -0.2) is 63.2 Å². The minimum atomic E-state index is -0.882. The highest BCUT2D eigenvalue weighted by Crippen LogP contribution is 2.20. The Morgan fingerprint density at radius 1 is 1.46 bits per heavy atom. The van der Waals surface area contributed by atoms with Gasteiger partial charge in [0.1, 0.15) is 18.1 Å². The Balaban J connectivity index is 1.74. The molecule has 2 aliphatic heterocycles. The number of nitrogens with zero attached hydrogens (tertiary/aromatic N) is 2. The number of imidazole rings is 1. The number of hydrogen-bond donors (Lipinski definition) is 4. The summed E-state index contributed by atoms with van der Waals surface area (Å²) in [6.45, 7) is 2.07. The van der Waals surface area contributed by atoms with Crippen LogP contribution < -0.4 is 16.4 Å². The predicted octanol–water partition coefficient (Wildman–Crippen LogP) is -1.95.